The predicted molar refractivity (Wildman–Crippen MR) is 125 cm³/mol. The number of benzene rings is 2. The summed E-state index contributed by atoms with van der Waals surface area (Å²) in [5, 5.41) is 0. The maximum absolute atomic E-state index is 14.7. The lowest BCUT2D eigenvalue weighted by Crippen LogP contribution is -2.21. The first-order valence-corrected chi connectivity index (χ1v) is 14.3. The van der Waals surface area contributed by atoms with E-state index in [1.165, 1.54) is 56.7 Å². The Kier molecular flexibility index (Phi) is 9.20. The summed E-state index contributed by atoms with van der Waals surface area (Å²) in [6, 6.07) is 16.4. The Hall–Kier alpha value is -1.39. The summed E-state index contributed by atoms with van der Waals surface area (Å²) < 4.78 is 32.2. The highest BCUT2D eigenvalue weighted by Crippen LogP contribution is 2.32. The lowest BCUT2D eigenvalue weighted by Gasteiger charge is -2.27. The lowest BCUT2D eigenvalue weighted by molar-refractivity contribution is 0.147. The second kappa shape index (κ2) is 11.9. The van der Waals surface area contributed by atoms with Crippen LogP contribution in [-0.4, -0.2) is 14.6 Å². The highest BCUT2D eigenvalue weighted by Gasteiger charge is 2.21. The van der Waals surface area contributed by atoms with Crippen molar-refractivity contribution in [1.82, 2.24) is 0 Å². The Morgan fingerprint density at radius 1 is 1.10 bits per heavy atom. The topological polar surface area (TPSA) is 9.23 Å². The van der Waals surface area contributed by atoms with Gasteiger partial charge in [-0.05, 0) is 53.3 Å². The van der Waals surface area contributed by atoms with Crippen LogP contribution in [0.15, 0.2) is 42.5 Å². The van der Waals surface area contributed by atoms with Gasteiger partial charge in [0.15, 0.2) is 0 Å². The highest BCUT2D eigenvalue weighted by molar-refractivity contribution is 6.59. The molecule has 0 N–H and O–H groups in total. The van der Waals surface area contributed by atoms with Gasteiger partial charge in [-0.15, -0.1) is 0 Å². The average Bonchev–Trinajstić information content (AvgIpc) is 2.74. The molecular weight excluding hydrogens is 418 g/mol. The Labute approximate surface area is 186 Å². The summed E-state index contributed by atoms with van der Waals surface area (Å²) in [6.07, 6.45) is 9.37. The third-order valence-corrected chi connectivity index (χ3v) is 9.94. The number of unbranched alkanes of at least 4 members (excludes halogenated alkanes) is 2. The van der Waals surface area contributed by atoms with Crippen LogP contribution in [0.1, 0.15) is 51.0 Å². The Morgan fingerprint density at radius 2 is 1.83 bits per heavy atom. The first kappa shape index (κ1) is 23.3. The predicted octanol–water partition coefficient (Wildman–Crippen LogP) is 8.12. The number of rotatable bonds is 10. The van der Waals surface area contributed by atoms with Crippen molar-refractivity contribution in [2.24, 2.45) is 5.92 Å². The molecule has 0 radical (unpaired) electrons. The van der Waals surface area contributed by atoms with Crippen molar-refractivity contribution in [1.29, 1.82) is 0 Å². The van der Waals surface area contributed by atoms with Crippen molar-refractivity contribution in [3.63, 3.8) is 0 Å². The second-order valence-electron chi connectivity index (χ2n) is 8.64. The second-order valence-corrected chi connectivity index (χ2v) is 12.4. The largest absolute Gasteiger partial charge is 0.447 e. The molecule has 5 heteroatoms. The minimum Gasteiger partial charge on any atom is -0.447 e. The van der Waals surface area contributed by atoms with Crippen molar-refractivity contribution < 1.29 is 13.5 Å². The fourth-order valence-corrected chi connectivity index (χ4v) is 8.22. The van der Waals surface area contributed by atoms with Gasteiger partial charge >= 0.3 is 5.82 Å². The van der Waals surface area contributed by atoms with E-state index in [2.05, 4.69) is 6.92 Å². The van der Waals surface area contributed by atoms with Crippen molar-refractivity contribution in [3.05, 3.63) is 53.8 Å². The molecule has 0 aliphatic carbocycles. The maximum Gasteiger partial charge on any atom is 0.316 e. The molecule has 2 aromatic rings. The number of hydrogen-bond donors (Lipinski definition) is 0. The van der Waals surface area contributed by atoms with Crippen LogP contribution in [0.2, 0.25) is 18.1 Å². The van der Waals surface area contributed by atoms with E-state index in [-0.39, 0.29) is 5.82 Å². The number of aryl methyl sites for hydroxylation is 1. The fourth-order valence-electron chi connectivity index (χ4n) is 4.63. The van der Waals surface area contributed by atoms with Crippen molar-refractivity contribution >= 4 is 20.4 Å². The van der Waals surface area contributed by atoms with Crippen LogP contribution in [0.25, 0.3) is 11.1 Å². The first-order chi connectivity index (χ1) is 14.5. The summed E-state index contributed by atoms with van der Waals surface area (Å²) in [5.41, 5.74) is 2.39. The normalized spacial score (nSPS) is 20.1. The van der Waals surface area contributed by atoms with Gasteiger partial charge in [-0.2, -0.15) is 4.39 Å². The molecule has 0 spiro atoms. The van der Waals surface area contributed by atoms with Crippen LogP contribution < -0.4 is 4.74 Å². The van der Waals surface area contributed by atoms with Crippen LogP contribution in [0.3, 0.4) is 0 Å². The summed E-state index contributed by atoms with van der Waals surface area (Å²) in [7, 11) is -0.659. The standard InChI is InChI=1S/C25H33ClF2OSi/c1-2-3-4-5-19-12-15-30(16-13-19)17-14-20-6-11-23(24(27)18-20)21-7-9-22(10-8-21)29-25(26)28/h6-11,18-19,25,30H,2-5,12-17H2,1H3. The van der Waals surface area contributed by atoms with E-state index in [1.807, 2.05) is 12.1 Å². The zero-order chi connectivity index (χ0) is 21.3. The van der Waals surface area contributed by atoms with Crippen molar-refractivity contribution in [2.75, 3.05) is 0 Å². The molecule has 1 atom stereocenters. The quantitative estimate of drug-likeness (QED) is 0.201. The molecule has 0 bridgehead atoms. The molecule has 0 saturated carbocycles. The van der Waals surface area contributed by atoms with Crippen LogP contribution in [-0.2, 0) is 6.42 Å². The molecule has 2 aromatic carbocycles. The SMILES string of the molecule is CCCCCC1CC[SiH](CCc2ccc(-c3ccc(OC(F)Cl)cc3)c(F)c2)CC1. The van der Waals surface area contributed by atoms with Gasteiger partial charge in [0.1, 0.15) is 11.6 Å². The third-order valence-electron chi connectivity index (χ3n) is 6.45. The monoisotopic (exact) mass is 450 g/mol. The number of hydrogen-bond acceptors (Lipinski definition) is 1. The lowest BCUT2D eigenvalue weighted by atomic mass is 9.96. The summed E-state index contributed by atoms with van der Waals surface area (Å²) >= 11 is 5.18. The van der Waals surface area contributed by atoms with Gasteiger partial charge < -0.3 is 4.74 Å². The van der Waals surface area contributed by atoms with E-state index in [4.69, 9.17) is 16.3 Å². The Bertz CT molecular complexity index is 773. The van der Waals surface area contributed by atoms with Gasteiger partial charge in [0.05, 0.1) is 0 Å². The van der Waals surface area contributed by atoms with E-state index in [9.17, 15) is 8.78 Å². The molecule has 1 aliphatic rings. The van der Waals surface area contributed by atoms with Gasteiger partial charge in [-0.3, -0.25) is 0 Å². The van der Waals surface area contributed by atoms with Crippen LogP contribution >= 0.6 is 11.6 Å². The molecule has 1 unspecified atom stereocenters. The molecule has 1 aliphatic heterocycles. The minimum absolute atomic E-state index is 0.205. The van der Waals surface area contributed by atoms with Crippen LogP contribution in [0.5, 0.6) is 5.75 Å². The molecule has 1 fully saturated rings. The molecular formula is C25H33ClF2OSi. The zero-order valence-electron chi connectivity index (χ0n) is 17.9. The minimum atomic E-state index is -1.88. The summed E-state index contributed by atoms with van der Waals surface area (Å²) in [6.45, 7) is 2.27. The third kappa shape index (κ3) is 7.09. The molecule has 0 amide bonds. The maximum atomic E-state index is 14.7. The summed E-state index contributed by atoms with van der Waals surface area (Å²) in [4.78, 5) is 0. The van der Waals surface area contributed by atoms with Crippen molar-refractivity contribution in [2.45, 2.75) is 75.8 Å². The molecule has 0 aromatic heterocycles. The highest BCUT2D eigenvalue weighted by atomic mass is 35.5. The number of ether oxygens (including phenoxy) is 1. The number of halogens is 3. The van der Waals surface area contributed by atoms with E-state index in [0.717, 1.165) is 23.5 Å². The average molecular weight is 451 g/mol. The van der Waals surface area contributed by atoms with E-state index < -0.39 is 14.6 Å². The van der Waals surface area contributed by atoms with Crippen molar-refractivity contribution in [3.8, 4) is 16.9 Å². The Morgan fingerprint density at radius 3 is 2.47 bits per heavy atom. The summed E-state index contributed by atoms with van der Waals surface area (Å²) in [5.74, 6) is -0.799. The van der Waals surface area contributed by atoms with Gasteiger partial charge in [0, 0.05) is 14.4 Å². The molecule has 30 heavy (non-hydrogen) atoms. The Balaban J connectivity index is 1.49. The van der Waals surface area contributed by atoms with Gasteiger partial charge in [-0.25, -0.2) is 4.39 Å². The molecule has 164 valence electrons. The van der Waals surface area contributed by atoms with Crippen LogP contribution in [0.4, 0.5) is 8.78 Å². The molecule has 1 nitrogen and oxygen atoms in total. The van der Waals surface area contributed by atoms with Gasteiger partial charge in [0.25, 0.3) is 0 Å². The fraction of sp³-hybridized carbons (Fsp3) is 0.520. The van der Waals surface area contributed by atoms with Crippen LogP contribution in [0, 0.1) is 11.7 Å². The number of alkyl halides is 2. The van der Waals surface area contributed by atoms with E-state index in [1.54, 1.807) is 30.3 Å². The van der Waals surface area contributed by atoms with E-state index in [0.29, 0.717) is 11.3 Å². The zero-order valence-corrected chi connectivity index (χ0v) is 19.8. The molecule has 1 heterocycles. The molecule has 1 saturated heterocycles. The van der Waals surface area contributed by atoms with Gasteiger partial charge in [-0.1, -0.05) is 87.8 Å². The first-order valence-electron chi connectivity index (χ1n) is 11.4. The van der Waals surface area contributed by atoms with E-state index >= 15 is 0 Å². The van der Waals surface area contributed by atoms with Gasteiger partial charge in [0.2, 0.25) is 0 Å². The molecule has 3 rings (SSSR count). The smallest absolute Gasteiger partial charge is 0.316 e.